The number of hydrogen-bond acceptors (Lipinski definition) is 7. The lowest BCUT2D eigenvalue weighted by atomic mass is 9.96. The highest BCUT2D eigenvalue weighted by molar-refractivity contribution is 6.02. The zero-order valence-corrected chi connectivity index (χ0v) is 10.5. The molecule has 0 saturated carbocycles. The van der Waals surface area contributed by atoms with Crippen LogP contribution in [-0.2, 0) is 4.74 Å². The predicted octanol–water partition coefficient (Wildman–Crippen LogP) is -1.97. The van der Waals surface area contributed by atoms with Gasteiger partial charge in [-0.2, -0.15) is 0 Å². The smallest absolute Gasteiger partial charge is 0.261 e. The van der Waals surface area contributed by atoms with Crippen molar-refractivity contribution in [1.29, 1.82) is 0 Å². The molecule has 1 aliphatic rings. The lowest BCUT2D eigenvalue weighted by Gasteiger charge is -2.24. The van der Waals surface area contributed by atoms with Gasteiger partial charge in [-0.1, -0.05) is 30.3 Å². The Morgan fingerprint density at radius 1 is 1.30 bits per heavy atom. The summed E-state index contributed by atoms with van der Waals surface area (Å²) >= 11 is 0. The molecule has 20 heavy (non-hydrogen) atoms. The van der Waals surface area contributed by atoms with E-state index in [1.807, 2.05) is 0 Å². The number of Topliss-reactive ketones (excluding diaryl/α,β-unsaturated/α-hetero) is 1. The number of aliphatic hydroxyl groups excluding tert-OH is 4. The number of benzene rings is 1. The van der Waals surface area contributed by atoms with E-state index in [9.17, 15) is 25.2 Å². The normalized spacial score (nSPS) is 35.0. The van der Waals surface area contributed by atoms with E-state index in [0.717, 1.165) is 0 Å². The van der Waals surface area contributed by atoms with Gasteiger partial charge in [0.15, 0.2) is 0 Å². The second-order valence-electron chi connectivity index (χ2n) is 4.66. The van der Waals surface area contributed by atoms with Gasteiger partial charge in [-0.05, 0) is 0 Å². The van der Waals surface area contributed by atoms with Crippen molar-refractivity contribution in [1.82, 2.24) is 0 Å². The van der Waals surface area contributed by atoms with E-state index in [1.54, 1.807) is 18.2 Å². The first-order valence-electron chi connectivity index (χ1n) is 6.07. The maximum Gasteiger partial charge on any atom is 0.261 e. The SMILES string of the molecule is O=C(c1ccccc1)[C@@]1(O)O[C@@H]([C@@H](O)CO)[C@@H](O)[C@@H]1O. The van der Waals surface area contributed by atoms with Crippen LogP contribution in [-0.4, -0.2) is 68.1 Å². The minimum Gasteiger partial charge on any atom is -0.394 e. The molecule has 5 N–H and O–H groups in total. The zero-order chi connectivity index (χ0) is 14.9. The average Bonchev–Trinajstić information content (AvgIpc) is 2.72. The Kier molecular flexibility index (Phi) is 4.19. The third-order valence-corrected chi connectivity index (χ3v) is 3.30. The maximum absolute atomic E-state index is 12.2. The van der Waals surface area contributed by atoms with Crippen molar-refractivity contribution in [2.75, 3.05) is 6.61 Å². The molecule has 1 aromatic rings. The van der Waals surface area contributed by atoms with Gasteiger partial charge in [0.2, 0.25) is 5.78 Å². The molecular formula is C13H16O7. The molecule has 0 amide bonds. The Hall–Kier alpha value is -1.35. The molecule has 0 spiro atoms. The van der Waals surface area contributed by atoms with Gasteiger partial charge in [0.25, 0.3) is 5.79 Å². The Morgan fingerprint density at radius 3 is 2.45 bits per heavy atom. The Bertz CT molecular complexity index is 477. The largest absolute Gasteiger partial charge is 0.394 e. The van der Waals surface area contributed by atoms with Gasteiger partial charge in [0, 0.05) is 5.56 Å². The third kappa shape index (κ3) is 2.35. The van der Waals surface area contributed by atoms with Crippen molar-refractivity contribution in [3.8, 4) is 0 Å². The molecular weight excluding hydrogens is 268 g/mol. The highest BCUT2D eigenvalue weighted by Gasteiger charge is 2.59. The van der Waals surface area contributed by atoms with E-state index < -0.39 is 42.6 Å². The van der Waals surface area contributed by atoms with Crippen molar-refractivity contribution in [3.63, 3.8) is 0 Å². The summed E-state index contributed by atoms with van der Waals surface area (Å²) < 4.78 is 4.94. The molecule has 0 radical (unpaired) electrons. The molecule has 1 heterocycles. The molecule has 7 heteroatoms. The van der Waals surface area contributed by atoms with Crippen molar-refractivity contribution < 1.29 is 35.1 Å². The van der Waals surface area contributed by atoms with E-state index >= 15 is 0 Å². The van der Waals surface area contributed by atoms with Gasteiger partial charge in [-0.3, -0.25) is 4.79 Å². The Balaban J connectivity index is 2.29. The summed E-state index contributed by atoms with van der Waals surface area (Å²) in [6.45, 7) is -0.746. The van der Waals surface area contributed by atoms with Crippen molar-refractivity contribution in [3.05, 3.63) is 35.9 Å². The van der Waals surface area contributed by atoms with E-state index in [2.05, 4.69) is 0 Å². The average molecular weight is 284 g/mol. The summed E-state index contributed by atoms with van der Waals surface area (Å²) in [4.78, 5) is 12.2. The fourth-order valence-corrected chi connectivity index (χ4v) is 2.15. The molecule has 1 aliphatic heterocycles. The topological polar surface area (TPSA) is 127 Å². The standard InChI is InChI=1S/C13H16O7/c14-6-8(15)10-9(16)12(18)13(19,20-10)11(17)7-4-2-1-3-5-7/h1-5,8-10,12,14-16,18-19H,6H2/t8-,9+,10-,12-,13+/m0/s1. The molecule has 7 nitrogen and oxygen atoms in total. The highest BCUT2D eigenvalue weighted by Crippen LogP contribution is 2.33. The van der Waals surface area contributed by atoms with Gasteiger partial charge < -0.3 is 30.3 Å². The first-order chi connectivity index (χ1) is 9.41. The summed E-state index contributed by atoms with van der Waals surface area (Å²) in [5.41, 5.74) is 0.0837. The minimum absolute atomic E-state index is 0.0837. The molecule has 1 fully saturated rings. The first kappa shape index (κ1) is 15.0. The van der Waals surface area contributed by atoms with E-state index in [4.69, 9.17) is 9.84 Å². The molecule has 5 atom stereocenters. The van der Waals surface area contributed by atoms with Crippen LogP contribution in [0, 0.1) is 0 Å². The molecule has 1 aromatic carbocycles. The zero-order valence-electron chi connectivity index (χ0n) is 10.5. The Morgan fingerprint density at radius 2 is 1.90 bits per heavy atom. The van der Waals surface area contributed by atoms with Gasteiger partial charge >= 0.3 is 0 Å². The fourth-order valence-electron chi connectivity index (χ4n) is 2.15. The van der Waals surface area contributed by atoms with E-state index in [0.29, 0.717) is 0 Å². The summed E-state index contributed by atoms with van der Waals surface area (Å²) in [6, 6.07) is 7.62. The van der Waals surface area contributed by atoms with Crippen LogP contribution in [0.5, 0.6) is 0 Å². The van der Waals surface area contributed by atoms with E-state index in [-0.39, 0.29) is 5.56 Å². The van der Waals surface area contributed by atoms with Crippen LogP contribution in [0.15, 0.2) is 30.3 Å². The lowest BCUT2D eigenvalue weighted by Crippen LogP contribution is -2.49. The maximum atomic E-state index is 12.2. The Labute approximate surface area is 114 Å². The number of aliphatic hydroxyl groups is 5. The molecule has 0 bridgehead atoms. The third-order valence-electron chi connectivity index (χ3n) is 3.30. The van der Waals surface area contributed by atoms with Crippen LogP contribution in [0.25, 0.3) is 0 Å². The number of ether oxygens (including phenoxy) is 1. The predicted molar refractivity (Wildman–Crippen MR) is 65.7 cm³/mol. The lowest BCUT2D eigenvalue weighted by molar-refractivity contribution is -0.203. The number of rotatable bonds is 4. The first-order valence-corrected chi connectivity index (χ1v) is 6.07. The van der Waals surface area contributed by atoms with Gasteiger partial charge in [0.05, 0.1) is 6.61 Å². The van der Waals surface area contributed by atoms with Crippen LogP contribution in [0.4, 0.5) is 0 Å². The van der Waals surface area contributed by atoms with Crippen LogP contribution >= 0.6 is 0 Å². The van der Waals surface area contributed by atoms with Crippen molar-refractivity contribution in [2.45, 2.75) is 30.2 Å². The summed E-state index contributed by atoms with van der Waals surface area (Å²) in [7, 11) is 0. The van der Waals surface area contributed by atoms with Crippen LogP contribution in [0.1, 0.15) is 10.4 Å². The molecule has 2 rings (SSSR count). The number of carbonyl (C=O) groups excluding carboxylic acids is 1. The second-order valence-corrected chi connectivity index (χ2v) is 4.66. The molecule has 0 aliphatic carbocycles. The minimum atomic E-state index is -2.67. The van der Waals surface area contributed by atoms with Gasteiger partial charge in [-0.25, -0.2) is 0 Å². The summed E-state index contributed by atoms with van der Waals surface area (Å²) in [5.74, 6) is -3.60. The quantitative estimate of drug-likeness (QED) is 0.406. The second kappa shape index (κ2) is 5.57. The van der Waals surface area contributed by atoms with Crippen molar-refractivity contribution >= 4 is 5.78 Å². The summed E-state index contributed by atoms with van der Waals surface area (Å²) in [5, 5.41) is 48.0. The summed E-state index contributed by atoms with van der Waals surface area (Å²) in [6.07, 6.45) is -6.62. The van der Waals surface area contributed by atoms with Crippen LogP contribution in [0.3, 0.4) is 0 Å². The highest BCUT2D eigenvalue weighted by atomic mass is 16.7. The number of hydrogen-bond donors (Lipinski definition) is 5. The van der Waals surface area contributed by atoms with Crippen LogP contribution < -0.4 is 0 Å². The van der Waals surface area contributed by atoms with Crippen LogP contribution in [0.2, 0.25) is 0 Å². The molecule has 0 unspecified atom stereocenters. The number of carbonyl (C=O) groups is 1. The fraction of sp³-hybridized carbons (Fsp3) is 0.462. The van der Waals surface area contributed by atoms with Crippen molar-refractivity contribution in [2.24, 2.45) is 0 Å². The van der Waals surface area contributed by atoms with Gasteiger partial charge in [0.1, 0.15) is 24.4 Å². The molecule has 1 saturated heterocycles. The van der Waals surface area contributed by atoms with Gasteiger partial charge in [-0.15, -0.1) is 0 Å². The monoisotopic (exact) mass is 284 g/mol. The molecule has 0 aromatic heterocycles. The van der Waals surface area contributed by atoms with E-state index in [1.165, 1.54) is 12.1 Å². The molecule has 110 valence electrons. The number of ketones is 1.